The number of unbranched alkanes of at least 4 members (excludes halogenated alkanes) is 1. The monoisotopic (exact) mass is 296 g/mol. The second-order valence-corrected chi connectivity index (χ2v) is 4.98. The van der Waals surface area contributed by atoms with E-state index in [2.05, 4.69) is 5.32 Å². The number of nitrogens with two attached hydrogens (primary N) is 2. The van der Waals surface area contributed by atoms with Gasteiger partial charge in [-0.15, -0.1) is 0 Å². The summed E-state index contributed by atoms with van der Waals surface area (Å²) in [5.74, 6) is -0.428. The van der Waals surface area contributed by atoms with Crippen molar-refractivity contribution in [3.63, 3.8) is 0 Å². The van der Waals surface area contributed by atoms with Crippen LogP contribution in [0, 0.1) is 0 Å². The lowest BCUT2D eigenvalue weighted by atomic mass is 10.1. The van der Waals surface area contributed by atoms with Gasteiger partial charge >= 0.3 is 0 Å². The van der Waals surface area contributed by atoms with Gasteiger partial charge in [0.2, 0.25) is 5.91 Å². The molecule has 0 aliphatic carbocycles. The highest BCUT2D eigenvalue weighted by Crippen LogP contribution is 1.99. The van der Waals surface area contributed by atoms with Gasteiger partial charge in [-0.25, -0.2) is 0 Å². The van der Waals surface area contributed by atoms with E-state index >= 15 is 0 Å². The van der Waals surface area contributed by atoms with Gasteiger partial charge in [0.1, 0.15) is 0 Å². The zero-order valence-electron chi connectivity index (χ0n) is 12.1. The predicted molar refractivity (Wildman–Crippen MR) is 80.9 cm³/mol. The molecule has 0 spiro atoms. The van der Waals surface area contributed by atoms with Crippen LogP contribution in [0.25, 0.3) is 0 Å². The van der Waals surface area contributed by atoms with Crippen molar-refractivity contribution < 1.29 is 9.90 Å². The number of nitrogens with zero attached hydrogens (tertiary/aromatic N) is 1. The van der Waals surface area contributed by atoms with Gasteiger partial charge in [0.25, 0.3) is 5.56 Å². The number of nitrogens with one attached hydrogen (secondary N) is 1. The summed E-state index contributed by atoms with van der Waals surface area (Å²) < 4.78 is 1.31. The highest BCUT2D eigenvalue weighted by Gasteiger charge is 2.05. The van der Waals surface area contributed by atoms with Gasteiger partial charge < -0.3 is 26.5 Å². The van der Waals surface area contributed by atoms with E-state index in [4.69, 9.17) is 11.5 Å². The first kappa shape index (κ1) is 17.2. The molecule has 0 aliphatic heterocycles. The van der Waals surface area contributed by atoms with Crippen molar-refractivity contribution >= 4 is 5.91 Å². The van der Waals surface area contributed by atoms with Crippen molar-refractivity contribution in [2.24, 2.45) is 11.5 Å². The third-order valence-electron chi connectivity index (χ3n) is 3.21. The molecule has 6 N–H and O–H groups in total. The number of hydrogen-bond acceptors (Lipinski definition) is 5. The van der Waals surface area contributed by atoms with Crippen LogP contribution in [0.5, 0.6) is 5.75 Å². The summed E-state index contributed by atoms with van der Waals surface area (Å²) in [5, 5.41) is 12.1. The number of carbonyl (C=O) groups is 1. The van der Waals surface area contributed by atoms with Crippen LogP contribution in [0.3, 0.4) is 0 Å². The summed E-state index contributed by atoms with van der Waals surface area (Å²) in [6.07, 6.45) is 4.37. The molecule has 0 radical (unpaired) electrons. The minimum Gasteiger partial charge on any atom is -0.503 e. The molecule has 21 heavy (non-hydrogen) atoms. The molecule has 0 bridgehead atoms. The molecule has 0 fully saturated rings. The van der Waals surface area contributed by atoms with Crippen LogP contribution in [0.1, 0.15) is 25.7 Å². The second-order valence-electron chi connectivity index (χ2n) is 4.98. The van der Waals surface area contributed by atoms with E-state index in [-0.39, 0.29) is 30.7 Å². The minimum absolute atomic E-state index is 0.0262. The average Bonchev–Trinajstić information content (AvgIpc) is 2.48. The molecule has 0 saturated heterocycles. The van der Waals surface area contributed by atoms with Gasteiger partial charge in [0, 0.05) is 38.3 Å². The van der Waals surface area contributed by atoms with Crippen LogP contribution in [0.2, 0.25) is 0 Å². The van der Waals surface area contributed by atoms with Crippen LogP contribution >= 0.6 is 0 Å². The summed E-state index contributed by atoms with van der Waals surface area (Å²) >= 11 is 0. The fourth-order valence-corrected chi connectivity index (χ4v) is 1.89. The van der Waals surface area contributed by atoms with Crippen molar-refractivity contribution in [3.05, 3.63) is 28.7 Å². The minimum atomic E-state index is -0.485. The first-order valence-corrected chi connectivity index (χ1v) is 7.15. The first-order valence-electron chi connectivity index (χ1n) is 7.15. The second kappa shape index (κ2) is 9.15. The lowest BCUT2D eigenvalue weighted by Crippen LogP contribution is -2.30. The van der Waals surface area contributed by atoms with Gasteiger partial charge in [0.05, 0.1) is 0 Å². The highest BCUT2D eigenvalue weighted by molar-refractivity contribution is 5.75. The Hall–Kier alpha value is -1.86. The van der Waals surface area contributed by atoms with E-state index in [9.17, 15) is 14.7 Å². The normalized spacial score (nSPS) is 12.1. The molecule has 7 heteroatoms. The summed E-state index contributed by atoms with van der Waals surface area (Å²) in [6.45, 7) is 1.31. The largest absolute Gasteiger partial charge is 0.503 e. The number of amides is 1. The molecule has 1 atom stereocenters. The van der Waals surface area contributed by atoms with E-state index in [1.807, 2.05) is 0 Å². The SMILES string of the molecule is NCC(N)CCCCNC(=O)CCn1cccc(O)c1=O. The van der Waals surface area contributed by atoms with E-state index < -0.39 is 5.56 Å². The molecule has 1 rings (SSSR count). The number of carbonyl (C=O) groups excluding carboxylic acids is 1. The molecular formula is C14H24N4O3. The Balaban J connectivity index is 2.20. The van der Waals surface area contributed by atoms with E-state index in [0.29, 0.717) is 13.1 Å². The van der Waals surface area contributed by atoms with Gasteiger partial charge in [-0.2, -0.15) is 0 Å². The van der Waals surface area contributed by atoms with Gasteiger partial charge in [0.15, 0.2) is 5.75 Å². The summed E-state index contributed by atoms with van der Waals surface area (Å²) in [7, 11) is 0. The Morgan fingerprint density at radius 3 is 2.90 bits per heavy atom. The van der Waals surface area contributed by atoms with Crippen LogP contribution in [0.15, 0.2) is 23.1 Å². The molecule has 118 valence electrons. The van der Waals surface area contributed by atoms with Gasteiger partial charge in [-0.3, -0.25) is 9.59 Å². The van der Waals surface area contributed by atoms with Crippen LogP contribution in [0.4, 0.5) is 0 Å². The maximum absolute atomic E-state index is 11.6. The molecule has 0 aliphatic rings. The van der Waals surface area contributed by atoms with Crippen LogP contribution in [-0.4, -0.2) is 34.7 Å². The molecule has 7 nitrogen and oxygen atoms in total. The van der Waals surface area contributed by atoms with E-state index in [0.717, 1.165) is 19.3 Å². The Morgan fingerprint density at radius 2 is 2.19 bits per heavy atom. The number of rotatable bonds is 9. The Bertz CT molecular complexity index is 501. The smallest absolute Gasteiger partial charge is 0.292 e. The van der Waals surface area contributed by atoms with Crippen LogP contribution < -0.4 is 22.3 Å². The van der Waals surface area contributed by atoms with Crippen molar-refractivity contribution in [3.8, 4) is 5.75 Å². The fraction of sp³-hybridized carbons (Fsp3) is 0.571. The molecule has 0 aromatic carbocycles. The standard InChI is InChI=1S/C14H24N4O3/c15-10-11(16)4-1-2-7-17-13(20)6-9-18-8-3-5-12(19)14(18)21/h3,5,8,11,19H,1-2,4,6-7,9-10,15-16H2,(H,17,20). The Morgan fingerprint density at radius 1 is 1.43 bits per heavy atom. The van der Waals surface area contributed by atoms with Gasteiger partial charge in [-0.1, -0.05) is 6.42 Å². The molecular weight excluding hydrogens is 272 g/mol. The molecule has 1 unspecified atom stereocenters. The summed E-state index contributed by atoms with van der Waals surface area (Å²) in [4.78, 5) is 23.2. The lowest BCUT2D eigenvalue weighted by molar-refractivity contribution is -0.121. The lowest BCUT2D eigenvalue weighted by Gasteiger charge is -2.09. The first-order chi connectivity index (χ1) is 10.0. The zero-order chi connectivity index (χ0) is 15.7. The third kappa shape index (κ3) is 6.42. The van der Waals surface area contributed by atoms with E-state index in [1.165, 1.54) is 10.6 Å². The number of aryl methyl sites for hydroxylation is 1. The molecule has 1 aromatic rings. The average molecular weight is 296 g/mol. The molecule has 1 amide bonds. The van der Waals surface area contributed by atoms with Crippen molar-refractivity contribution in [2.45, 2.75) is 38.3 Å². The topological polar surface area (TPSA) is 123 Å². The number of pyridine rings is 1. The Kier molecular flexibility index (Phi) is 7.49. The molecule has 1 heterocycles. The van der Waals surface area contributed by atoms with Crippen molar-refractivity contribution in [1.82, 2.24) is 9.88 Å². The molecule has 0 saturated carbocycles. The predicted octanol–water partition coefficient (Wildman–Crippen LogP) is -0.483. The fourth-order valence-electron chi connectivity index (χ4n) is 1.89. The van der Waals surface area contributed by atoms with Crippen LogP contribution in [-0.2, 0) is 11.3 Å². The number of aromatic hydroxyl groups is 1. The van der Waals surface area contributed by atoms with Crippen molar-refractivity contribution in [1.29, 1.82) is 0 Å². The van der Waals surface area contributed by atoms with E-state index in [1.54, 1.807) is 12.3 Å². The summed E-state index contributed by atoms with van der Waals surface area (Å²) in [5.41, 5.74) is 10.6. The molecule has 1 aromatic heterocycles. The maximum Gasteiger partial charge on any atom is 0.292 e. The third-order valence-corrected chi connectivity index (χ3v) is 3.21. The Labute approximate surface area is 123 Å². The maximum atomic E-state index is 11.6. The highest BCUT2D eigenvalue weighted by atomic mass is 16.3. The number of hydrogen-bond donors (Lipinski definition) is 4. The quantitative estimate of drug-likeness (QED) is 0.458. The number of aromatic nitrogens is 1. The van der Waals surface area contributed by atoms with Crippen molar-refractivity contribution in [2.75, 3.05) is 13.1 Å². The van der Waals surface area contributed by atoms with Gasteiger partial charge in [-0.05, 0) is 25.0 Å². The summed E-state index contributed by atoms with van der Waals surface area (Å²) in [6, 6.07) is 2.92. The zero-order valence-corrected chi connectivity index (χ0v) is 12.1.